The average molecular weight is 265 g/mol. The summed E-state index contributed by atoms with van der Waals surface area (Å²) >= 11 is 0. The highest BCUT2D eigenvalue weighted by Gasteiger charge is 2.14. The van der Waals surface area contributed by atoms with E-state index in [1.165, 1.54) is 33.5 Å². The van der Waals surface area contributed by atoms with E-state index in [1.54, 1.807) is 0 Å². The summed E-state index contributed by atoms with van der Waals surface area (Å²) in [5, 5.41) is 2.51. The first-order valence-corrected chi connectivity index (χ1v) is 5.32. The largest absolute Gasteiger partial charge is 0.493 e. The summed E-state index contributed by atoms with van der Waals surface area (Å²) in [7, 11) is 4.24. The van der Waals surface area contributed by atoms with Crippen molar-refractivity contribution in [3.63, 3.8) is 0 Å². The van der Waals surface area contributed by atoms with Crippen LogP contribution in [0.3, 0.4) is 0 Å². The lowest BCUT2D eigenvalue weighted by Gasteiger charge is -2.13. The quantitative estimate of drug-likeness (QED) is 0.480. The zero-order valence-electron chi connectivity index (χ0n) is 11.0. The number of nitrogens with one attached hydrogen (secondary N) is 1. The fraction of sp³-hybridized carbons (Fsp3) is 0.231. The van der Waals surface area contributed by atoms with E-state index in [9.17, 15) is 9.59 Å². The van der Waals surface area contributed by atoms with Gasteiger partial charge in [-0.1, -0.05) is 6.58 Å². The van der Waals surface area contributed by atoms with Crippen LogP contribution in [0.5, 0.6) is 11.5 Å². The Morgan fingerprint density at radius 2 is 1.79 bits per heavy atom. The number of benzene rings is 1. The summed E-state index contributed by atoms with van der Waals surface area (Å²) in [5.41, 5.74) is 0.547. The third kappa shape index (κ3) is 3.25. The monoisotopic (exact) mass is 265 g/mol. The number of rotatable bonds is 6. The second kappa shape index (κ2) is 6.44. The van der Waals surface area contributed by atoms with Gasteiger partial charge in [0.15, 0.2) is 23.5 Å². The number of hydrogen-bond donors (Lipinski definition) is 1. The minimum Gasteiger partial charge on any atom is -0.493 e. The summed E-state index contributed by atoms with van der Waals surface area (Å²) in [6, 6.07) is 2.96. The van der Waals surface area contributed by atoms with E-state index in [0.717, 1.165) is 0 Å². The molecule has 0 aliphatic carbocycles. The van der Waals surface area contributed by atoms with Gasteiger partial charge >= 0.3 is 0 Å². The Morgan fingerprint density at radius 1 is 1.21 bits per heavy atom. The maximum Gasteiger partial charge on any atom is 0.290 e. The van der Waals surface area contributed by atoms with Crippen LogP contribution >= 0.6 is 0 Å². The highest BCUT2D eigenvalue weighted by atomic mass is 16.5. The van der Waals surface area contributed by atoms with Crippen molar-refractivity contribution in [3.8, 4) is 11.5 Å². The molecule has 0 saturated carbocycles. The standard InChI is InChI=1S/C13H15NO5/c1-8(17-2)13(16)14-10-6-12(19-4)11(18-3)5-9(10)7-15/h5-7H,1H2,2-4H3,(H,14,16). The number of hydrogen-bond acceptors (Lipinski definition) is 5. The van der Waals surface area contributed by atoms with Gasteiger partial charge < -0.3 is 19.5 Å². The smallest absolute Gasteiger partial charge is 0.290 e. The lowest BCUT2D eigenvalue weighted by atomic mass is 10.1. The molecular formula is C13H15NO5. The minimum absolute atomic E-state index is 0.0633. The summed E-state index contributed by atoms with van der Waals surface area (Å²) in [4.78, 5) is 22.7. The second-order valence-corrected chi connectivity index (χ2v) is 3.49. The van der Waals surface area contributed by atoms with Crippen LogP contribution < -0.4 is 14.8 Å². The number of anilines is 1. The molecule has 0 fully saturated rings. The van der Waals surface area contributed by atoms with E-state index in [4.69, 9.17) is 14.2 Å². The summed E-state index contributed by atoms with van der Waals surface area (Å²) in [5.74, 6) is 0.184. The molecule has 1 aromatic rings. The van der Waals surface area contributed by atoms with Crippen molar-refractivity contribution in [2.75, 3.05) is 26.6 Å². The molecule has 6 nitrogen and oxygen atoms in total. The van der Waals surface area contributed by atoms with Crippen molar-refractivity contribution < 1.29 is 23.8 Å². The van der Waals surface area contributed by atoms with Crippen LogP contribution in [0.1, 0.15) is 10.4 Å². The topological polar surface area (TPSA) is 73.9 Å². The molecular weight excluding hydrogens is 250 g/mol. The molecule has 0 aliphatic heterocycles. The number of amides is 1. The Kier molecular flexibility index (Phi) is 4.93. The van der Waals surface area contributed by atoms with E-state index < -0.39 is 5.91 Å². The van der Waals surface area contributed by atoms with Crippen LogP contribution in [0.2, 0.25) is 0 Å². The van der Waals surface area contributed by atoms with Crippen LogP contribution in [0.25, 0.3) is 0 Å². The van der Waals surface area contributed by atoms with Crippen molar-refractivity contribution in [1.82, 2.24) is 0 Å². The lowest BCUT2D eigenvalue weighted by molar-refractivity contribution is -0.115. The zero-order chi connectivity index (χ0) is 14.4. The Hall–Kier alpha value is -2.50. The fourth-order valence-corrected chi connectivity index (χ4v) is 1.39. The molecule has 0 saturated heterocycles. The van der Waals surface area contributed by atoms with Crippen LogP contribution in [0.15, 0.2) is 24.5 Å². The average Bonchev–Trinajstić information content (AvgIpc) is 2.45. The van der Waals surface area contributed by atoms with Crippen molar-refractivity contribution in [3.05, 3.63) is 30.0 Å². The zero-order valence-corrected chi connectivity index (χ0v) is 11.0. The van der Waals surface area contributed by atoms with Crippen LogP contribution in [0, 0.1) is 0 Å². The third-order valence-electron chi connectivity index (χ3n) is 2.43. The van der Waals surface area contributed by atoms with Crippen molar-refractivity contribution in [1.29, 1.82) is 0 Å². The van der Waals surface area contributed by atoms with Crippen LogP contribution in [-0.2, 0) is 9.53 Å². The molecule has 0 aliphatic rings. The first-order valence-electron chi connectivity index (χ1n) is 5.32. The van der Waals surface area contributed by atoms with Gasteiger partial charge in [-0.15, -0.1) is 0 Å². The van der Waals surface area contributed by atoms with Crippen molar-refractivity contribution >= 4 is 17.9 Å². The predicted octanol–water partition coefficient (Wildman–Crippen LogP) is 1.61. The summed E-state index contributed by atoms with van der Waals surface area (Å²) in [6.45, 7) is 3.42. The molecule has 0 heterocycles. The van der Waals surface area contributed by atoms with Crippen LogP contribution in [-0.4, -0.2) is 33.5 Å². The second-order valence-electron chi connectivity index (χ2n) is 3.49. The van der Waals surface area contributed by atoms with E-state index in [-0.39, 0.29) is 17.0 Å². The van der Waals surface area contributed by atoms with Crippen LogP contribution in [0.4, 0.5) is 5.69 Å². The van der Waals surface area contributed by atoms with E-state index in [0.29, 0.717) is 17.8 Å². The van der Waals surface area contributed by atoms with Gasteiger partial charge in [0.1, 0.15) is 0 Å². The third-order valence-corrected chi connectivity index (χ3v) is 2.43. The highest BCUT2D eigenvalue weighted by Crippen LogP contribution is 2.32. The highest BCUT2D eigenvalue weighted by molar-refractivity contribution is 6.04. The van der Waals surface area contributed by atoms with E-state index in [2.05, 4.69) is 11.9 Å². The minimum atomic E-state index is -0.544. The lowest BCUT2D eigenvalue weighted by Crippen LogP contribution is -2.16. The van der Waals surface area contributed by atoms with Gasteiger partial charge in [-0.25, -0.2) is 0 Å². The molecule has 0 unspecified atom stereocenters. The normalized spacial score (nSPS) is 9.42. The van der Waals surface area contributed by atoms with Crippen molar-refractivity contribution in [2.24, 2.45) is 0 Å². The molecule has 102 valence electrons. The molecule has 0 bridgehead atoms. The number of methoxy groups -OCH3 is 3. The number of carbonyl (C=O) groups is 2. The van der Waals surface area contributed by atoms with Gasteiger partial charge in [0.05, 0.1) is 27.0 Å². The molecule has 0 spiro atoms. The van der Waals surface area contributed by atoms with Crippen molar-refractivity contribution in [2.45, 2.75) is 0 Å². The maximum atomic E-state index is 11.6. The SMILES string of the molecule is C=C(OC)C(=O)Nc1cc(OC)c(OC)cc1C=O. The number of carbonyl (C=O) groups excluding carboxylic acids is 2. The number of aldehydes is 1. The Morgan fingerprint density at radius 3 is 2.26 bits per heavy atom. The van der Waals surface area contributed by atoms with Gasteiger partial charge in [0.2, 0.25) is 0 Å². The molecule has 0 aromatic heterocycles. The van der Waals surface area contributed by atoms with E-state index in [1.807, 2.05) is 0 Å². The molecule has 1 N–H and O–H groups in total. The maximum absolute atomic E-state index is 11.6. The fourth-order valence-electron chi connectivity index (χ4n) is 1.39. The first-order chi connectivity index (χ1) is 9.07. The Balaban J connectivity index is 3.15. The first kappa shape index (κ1) is 14.6. The Bertz CT molecular complexity index is 510. The molecule has 0 radical (unpaired) electrons. The molecule has 1 amide bonds. The molecule has 19 heavy (non-hydrogen) atoms. The van der Waals surface area contributed by atoms with Gasteiger partial charge in [-0.3, -0.25) is 9.59 Å². The number of ether oxygens (including phenoxy) is 3. The summed E-state index contributed by atoms with van der Waals surface area (Å²) in [6.07, 6.45) is 0.604. The summed E-state index contributed by atoms with van der Waals surface area (Å²) < 4.78 is 14.9. The molecule has 0 atom stereocenters. The predicted molar refractivity (Wildman–Crippen MR) is 69.7 cm³/mol. The Labute approximate surface area is 111 Å². The van der Waals surface area contributed by atoms with E-state index >= 15 is 0 Å². The molecule has 1 rings (SSSR count). The van der Waals surface area contributed by atoms with Gasteiger partial charge in [0, 0.05) is 11.6 Å². The van der Waals surface area contributed by atoms with Gasteiger partial charge in [-0.2, -0.15) is 0 Å². The molecule has 1 aromatic carbocycles. The van der Waals surface area contributed by atoms with Gasteiger partial charge in [-0.05, 0) is 6.07 Å². The molecule has 6 heteroatoms. The van der Waals surface area contributed by atoms with Gasteiger partial charge in [0.25, 0.3) is 5.91 Å².